The van der Waals surface area contributed by atoms with Crippen LogP contribution in [0.25, 0.3) is 44.5 Å². The summed E-state index contributed by atoms with van der Waals surface area (Å²) < 4.78 is 6.51. The molecule has 6 aromatic rings. The van der Waals surface area contributed by atoms with Crippen molar-refractivity contribution in [3.8, 4) is 22.6 Å². The molecule has 0 amide bonds. The first kappa shape index (κ1) is 26.9. The van der Waals surface area contributed by atoms with Crippen LogP contribution in [0.3, 0.4) is 0 Å². The Bertz CT molecular complexity index is 1900. The molecular weight excluding hydrogens is 517 g/mol. The lowest BCUT2D eigenvalue weighted by atomic mass is 9.85. The summed E-state index contributed by atoms with van der Waals surface area (Å²) in [5, 5.41) is 3.82. The summed E-state index contributed by atoms with van der Waals surface area (Å²) in [7, 11) is -1.39. The van der Waals surface area contributed by atoms with E-state index in [4.69, 9.17) is 14.4 Å². The highest BCUT2D eigenvalue weighted by Gasteiger charge is 2.22. The first-order chi connectivity index (χ1) is 19.6. The second kappa shape index (κ2) is 10.3. The predicted octanol–water partition coefficient (Wildman–Crippen LogP) is 9.91. The maximum absolute atomic E-state index is 6.51. The van der Waals surface area contributed by atoms with Gasteiger partial charge in [0, 0.05) is 17.3 Å². The van der Waals surface area contributed by atoms with E-state index in [9.17, 15) is 0 Å². The van der Waals surface area contributed by atoms with Gasteiger partial charge in [-0.05, 0) is 51.6 Å². The van der Waals surface area contributed by atoms with Crippen LogP contribution in [-0.2, 0) is 5.41 Å². The van der Waals surface area contributed by atoms with Crippen molar-refractivity contribution in [1.29, 1.82) is 0 Å². The van der Waals surface area contributed by atoms with E-state index in [1.165, 1.54) is 21.5 Å². The number of hydrogen-bond donors (Lipinski definition) is 0. The quantitative estimate of drug-likeness (QED) is 0.158. The number of para-hydroxylation sites is 1. The molecule has 1 aromatic heterocycles. The maximum Gasteiger partial charge on any atom is 0.229 e. The summed E-state index contributed by atoms with van der Waals surface area (Å²) in [4.78, 5) is 10.0. The zero-order valence-electron chi connectivity index (χ0n) is 24.7. The molecule has 0 bridgehead atoms. The van der Waals surface area contributed by atoms with Crippen molar-refractivity contribution in [2.24, 2.45) is 4.99 Å². The van der Waals surface area contributed by atoms with E-state index in [1.54, 1.807) is 0 Å². The molecule has 0 N–H and O–H groups in total. The molecule has 204 valence electrons. The maximum atomic E-state index is 6.51. The number of hydrogen-bond acceptors (Lipinski definition) is 3. The Morgan fingerprint density at radius 1 is 0.756 bits per heavy atom. The standard InChI is InChI=1S/C37H36N2OSi/c1-37(2,3)28-22-32(26-18-20-29(21-19-26)41(4,5)6)35-34(23-28)40-36(39-35)31-16-9-10-17-33(31)38-24-27-14-11-13-25-12-7-8-15-30(25)27/h7-24H,1-6H3. The fraction of sp³-hybridized carbons (Fsp3) is 0.189. The van der Waals surface area contributed by atoms with Gasteiger partial charge in [0.2, 0.25) is 5.89 Å². The molecular formula is C37H36N2OSi. The van der Waals surface area contributed by atoms with Crippen molar-refractivity contribution in [2.45, 2.75) is 45.8 Å². The van der Waals surface area contributed by atoms with E-state index in [2.05, 4.69) is 119 Å². The monoisotopic (exact) mass is 552 g/mol. The number of aliphatic imine (C=N–C) groups is 1. The molecule has 41 heavy (non-hydrogen) atoms. The Labute approximate surface area is 243 Å². The van der Waals surface area contributed by atoms with E-state index < -0.39 is 8.07 Å². The van der Waals surface area contributed by atoms with Crippen LogP contribution < -0.4 is 5.19 Å². The van der Waals surface area contributed by atoms with E-state index in [0.717, 1.165) is 39.0 Å². The molecule has 0 saturated heterocycles. The minimum Gasteiger partial charge on any atom is -0.436 e. The number of oxazole rings is 1. The summed E-state index contributed by atoms with van der Waals surface area (Å²) in [6.07, 6.45) is 1.94. The molecule has 6 rings (SSSR count). The second-order valence-electron chi connectivity index (χ2n) is 12.8. The summed E-state index contributed by atoms with van der Waals surface area (Å²) in [6, 6.07) is 36.2. The highest BCUT2D eigenvalue weighted by atomic mass is 28.3. The second-order valence-corrected chi connectivity index (χ2v) is 17.9. The lowest BCUT2D eigenvalue weighted by Gasteiger charge is -2.20. The zero-order valence-corrected chi connectivity index (χ0v) is 25.7. The lowest BCUT2D eigenvalue weighted by molar-refractivity contribution is 0.584. The number of benzene rings is 5. The minimum atomic E-state index is -1.39. The van der Waals surface area contributed by atoms with Crippen LogP contribution in [0, 0.1) is 0 Å². The third-order valence-corrected chi connectivity index (χ3v) is 9.79. The highest BCUT2D eigenvalue weighted by Crippen LogP contribution is 2.38. The number of aromatic nitrogens is 1. The Kier molecular flexibility index (Phi) is 6.75. The average molecular weight is 553 g/mol. The van der Waals surface area contributed by atoms with Gasteiger partial charge >= 0.3 is 0 Å². The van der Waals surface area contributed by atoms with Gasteiger partial charge in [-0.2, -0.15) is 0 Å². The molecule has 0 aliphatic carbocycles. The molecule has 1 heterocycles. The smallest absolute Gasteiger partial charge is 0.229 e. The Hall–Kier alpha value is -4.28. The molecule has 3 nitrogen and oxygen atoms in total. The molecule has 0 unspecified atom stereocenters. The van der Waals surface area contributed by atoms with Gasteiger partial charge in [0.1, 0.15) is 5.52 Å². The van der Waals surface area contributed by atoms with Crippen LogP contribution in [0.2, 0.25) is 19.6 Å². The third-order valence-electron chi connectivity index (χ3n) is 7.72. The van der Waals surface area contributed by atoms with Gasteiger partial charge in [0.15, 0.2) is 5.58 Å². The Morgan fingerprint density at radius 2 is 1.46 bits per heavy atom. The van der Waals surface area contributed by atoms with Crippen molar-refractivity contribution < 1.29 is 4.42 Å². The van der Waals surface area contributed by atoms with Crippen molar-refractivity contribution in [1.82, 2.24) is 4.98 Å². The Balaban J connectivity index is 1.47. The topological polar surface area (TPSA) is 38.4 Å². The molecule has 0 spiro atoms. The molecule has 0 aliphatic heterocycles. The molecule has 4 heteroatoms. The van der Waals surface area contributed by atoms with Crippen molar-refractivity contribution >= 4 is 47.0 Å². The third kappa shape index (κ3) is 5.40. The van der Waals surface area contributed by atoms with Gasteiger partial charge in [0.25, 0.3) is 0 Å². The number of nitrogens with zero attached hydrogens (tertiary/aromatic N) is 2. The fourth-order valence-corrected chi connectivity index (χ4v) is 6.38. The van der Waals surface area contributed by atoms with E-state index in [0.29, 0.717) is 5.89 Å². The van der Waals surface area contributed by atoms with Crippen LogP contribution in [0.1, 0.15) is 31.9 Å². The molecule has 0 fully saturated rings. The SMILES string of the molecule is CC(C)(C)c1cc(-c2ccc([Si](C)(C)C)cc2)c2nc(-c3ccccc3N=Cc3cccc4ccccc34)oc2c1. The Morgan fingerprint density at radius 3 is 2.22 bits per heavy atom. The highest BCUT2D eigenvalue weighted by molar-refractivity contribution is 6.88. The molecule has 0 atom stereocenters. The summed E-state index contributed by atoms with van der Waals surface area (Å²) in [5.74, 6) is 0.580. The van der Waals surface area contributed by atoms with Crippen molar-refractivity contribution in [3.63, 3.8) is 0 Å². The number of rotatable bonds is 5. The van der Waals surface area contributed by atoms with Gasteiger partial charge < -0.3 is 4.42 Å². The lowest BCUT2D eigenvalue weighted by Crippen LogP contribution is -2.37. The number of fused-ring (bicyclic) bond motifs is 2. The van der Waals surface area contributed by atoms with Crippen LogP contribution in [-0.4, -0.2) is 19.3 Å². The van der Waals surface area contributed by atoms with Gasteiger partial charge in [-0.15, -0.1) is 0 Å². The molecule has 0 saturated carbocycles. The molecule has 0 aliphatic rings. The predicted molar refractivity (Wildman–Crippen MR) is 178 cm³/mol. The van der Waals surface area contributed by atoms with Crippen LogP contribution in [0.5, 0.6) is 0 Å². The summed E-state index contributed by atoms with van der Waals surface area (Å²) in [6.45, 7) is 13.8. The first-order valence-electron chi connectivity index (χ1n) is 14.3. The summed E-state index contributed by atoms with van der Waals surface area (Å²) >= 11 is 0. The van der Waals surface area contributed by atoms with Gasteiger partial charge in [0.05, 0.1) is 19.3 Å². The normalized spacial score (nSPS) is 12.5. The minimum absolute atomic E-state index is 0.0329. The zero-order chi connectivity index (χ0) is 28.8. The van der Waals surface area contributed by atoms with Crippen LogP contribution in [0.15, 0.2) is 113 Å². The summed E-state index contributed by atoms with van der Waals surface area (Å²) in [5.41, 5.74) is 7.89. The van der Waals surface area contributed by atoms with E-state index >= 15 is 0 Å². The molecule has 5 aromatic carbocycles. The van der Waals surface area contributed by atoms with Gasteiger partial charge in [-0.25, -0.2) is 4.98 Å². The van der Waals surface area contributed by atoms with Crippen molar-refractivity contribution in [2.75, 3.05) is 0 Å². The fourth-order valence-electron chi connectivity index (χ4n) is 5.22. The van der Waals surface area contributed by atoms with E-state index in [1.807, 2.05) is 30.5 Å². The first-order valence-corrected chi connectivity index (χ1v) is 17.8. The van der Waals surface area contributed by atoms with Gasteiger partial charge in [-0.1, -0.05) is 124 Å². The largest absolute Gasteiger partial charge is 0.436 e. The van der Waals surface area contributed by atoms with Crippen molar-refractivity contribution in [3.05, 3.63) is 114 Å². The van der Waals surface area contributed by atoms with Gasteiger partial charge in [-0.3, -0.25) is 4.99 Å². The molecule has 0 radical (unpaired) electrons. The average Bonchev–Trinajstić information content (AvgIpc) is 3.39. The van der Waals surface area contributed by atoms with Crippen LogP contribution >= 0.6 is 0 Å². The van der Waals surface area contributed by atoms with Crippen LogP contribution in [0.4, 0.5) is 5.69 Å². The van der Waals surface area contributed by atoms with E-state index in [-0.39, 0.29) is 5.41 Å².